The maximum Gasteiger partial charge on any atom is 0.407 e. The van der Waals surface area contributed by atoms with E-state index in [4.69, 9.17) is 10.5 Å². The first kappa shape index (κ1) is 26.2. The molecule has 0 saturated carbocycles. The Hall–Kier alpha value is -3.39. The lowest BCUT2D eigenvalue weighted by Gasteiger charge is -2.22. The molecular formula is C27H40N6O2. The van der Waals surface area contributed by atoms with Gasteiger partial charge in [-0.25, -0.2) is 14.8 Å². The largest absolute Gasteiger partial charge is 0.444 e. The Balaban J connectivity index is 0.000000265. The van der Waals surface area contributed by atoms with Crippen molar-refractivity contribution in [2.24, 2.45) is 5.73 Å². The molecule has 0 radical (unpaired) electrons. The van der Waals surface area contributed by atoms with E-state index in [9.17, 15) is 4.79 Å². The van der Waals surface area contributed by atoms with Crippen molar-refractivity contribution in [3.63, 3.8) is 0 Å². The lowest BCUT2D eigenvalue weighted by Crippen LogP contribution is -2.38. The Morgan fingerprint density at radius 3 is 1.91 bits per heavy atom. The molecule has 3 N–H and O–H groups in total. The highest BCUT2D eigenvalue weighted by atomic mass is 16.6. The minimum atomic E-state index is -0.468. The van der Waals surface area contributed by atoms with Crippen molar-refractivity contribution in [2.45, 2.75) is 78.2 Å². The molecule has 2 heterocycles. The molecule has 0 saturated heterocycles. The number of aryl methyl sites for hydroxylation is 2. The number of nitrogens with two attached hydrogens (primary N) is 1. The molecule has 4 rings (SSSR count). The molecule has 2 aromatic heterocycles. The number of ether oxygens (including phenoxy) is 1. The fourth-order valence-electron chi connectivity index (χ4n) is 3.63. The third-order valence-corrected chi connectivity index (χ3v) is 5.45. The molecule has 0 fully saturated rings. The van der Waals surface area contributed by atoms with E-state index in [2.05, 4.69) is 30.5 Å². The number of rotatable bonds is 7. The molecule has 35 heavy (non-hydrogen) atoms. The molecule has 8 heteroatoms. The third kappa shape index (κ3) is 8.10. The molecular weight excluding hydrogens is 440 g/mol. The van der Waals surface area contributed by atoms with Crippen molar-refractivity contribution in [3.8, 4) is 0 Å². The SMILES string of the molecule is CC(CCn1cnc2ccccc21)NC(=O)OC(C)(C)C.CC(N)CCn1cnc2ccccc21.[HH]. The van der Waals surface area contributed by atoms with E-state index in [0.717, 1.165) is 42.5 Å². The Kier molecular flexibility index (Phi) is 8.87. The molecule has 0 spiro atoms. The number of alkyl carbamates (subject to hydrolysis) is 1. The lowest BCUT2D eigenvalue weighted by molar-refractivity contribution is 0.0505. The monoisotopic (exact) mass is 480 g/mol. The van der Waals surface area contributed by atoms with Gasteiger partial charge in [-0.2, -0.15) is 0 Å². The quantitative estimate of drug-likeness (QED) is 0.371. The van der Waals surface area contributed by atoms with Gasteiger partial charge in [0.2, 0.25) is 0 Å². The second-order valence-corrected chi connectivity index (χ2v) is 9.96. The average Bonchev–Trinajstić information content (AvgIpc) is 3.39. The van der Waals surface area contributed by atoms with Crippen LogP contribution < -0.4 is 11.1 Å². The number of nitrogens with zero attached hydrogens (tertiary/aromatic N) is 4. The number of carbonyl (C=O) groups is 1. The first-order valence-electron chi connectivity index (χ1n) is 12.2. The number of fused-ring (bicyclic) bond motifs is 2. The van der Waals surface area contributed by atoms with Gasteiger partial charge in [0.15, 0.2) is 0 Å². The number of hydrogen-bond acceptors (Lipinski definition) is 5. The van der Waals surface area contributed by atoms with Crippen LogP contribution in [0.1, 0.15) is 48.9 Å². The molecule has 2 atom stereocenters. The van der Waals surface area contributed by atoms with Crippen LogP contribution in [0.25, 0.3) is 22.1 Å². The first-order valence-corrected chi connectivity index (χ1v) is 12.2. The van der Waals surface area contributed by atoms with Gasteiger partial charge < -0.3 is 24.9 Å². The van der Waals surface area contributed by atoms with E-state index < -0.39 is 5.60 Å². The maximum atomic E-state index is 11.7. The molecule has 2 aromatic carbocycles. The predicted octanol–water partition coefficient (Wildman–Crippen LogP) is 5.36. The van der Waals surface area contributed by atoms with E-state index in [-0.39, 0.29) is 19.6 Å². The van der Waals surface area contributed by atoms with Crippen molar-refractivity contribution in [2.75, 3.05) is 0 Å². The van der Waals surface area contributed by atoms with E-state index in [0.29, 0.717) is 0 Å². The summed E-state index contributed by atoms with van der Waals surface area (Å²) in [6, 6.07) is 16.5. The molecule has 1 amide bonds. The van der Waals surface area contributed by atoms with Crippen molar-refractivity contribution in [3.05, 3.63) is 61.2 Å². The summed E-state index contributed by atoms with van der Waals surface area (Å²) in [5, 5.41) is 2.85. The third-order valence-electron chi connectivity index (χ3n) is 5.45. The number of carbonyl (C=O) groups excluding carboxylic acids is 1. The second-order valence-electron chi connectivity index (χ2n) is 9.96. The summed E-state index contributed by atoms with van der Waals surface area (Å²) in [4.78, 5) is 20.4. The standard InChI is InChI=1S/C16H23N3O2.C11H15N3.H2/c1-12(18-15(20)21-16(2,3)4)9-10-19-11-17-13-7-5-6-8-14(13)19;1-9(12)6-7-14-8-13-10-4-2-3-5-11(10)14;/h5-8,11-12H,9-10H2,1-4H3,(H,18,20);2-5,8-9H,6-7,12H2,1H3;1H. The first-order chi connectivity index (χ1) is 16.6. The Morgan fingerprint density at radius 1 is 0.943 bits per heavy atom. The lowest BCUT2D eigenvalue weighted by atomic mass is 10.2. The number of imidazole rings is 2. The molecule has 2 unspecified atom stereocenters. The van der Waals surface area contributed by atoms with Crippen molar-refractivity contribution < 1.29 is 11.0 Å². The smallest absolute Gasteiger partial charge is 0.407 e. The number of para-hydroxylation sites is 4. The molecule has 0 aliphatic heterocycles. The fraction of sp³-hybridized carbons (Fsp3) is 0.444. The zero-order valence-electron chi connectivity index (χ0n) is 21.4. The van der Waals surface area contributed by atoms with Crippen LogP contribution in [0.4, 0.5) is 4.79 Å². The van der Waals surface area contributed by atoms with E-state index in [1.165, 1.54) is 5.52 Å². The minimum Gasteiger partial charge on any atom is -0.444 e. The Labute approximate surface area is 209 Å². The van der Waals surface area contributed by atoms with Crippen LogP contribution in [0.15, 0.2) is 61.2 Å². The molecule has 4 aromatic rings. The van der Waals surface area contributed by atoms with Gasteiger partial charge in [-0.1, -0.05) is 24.3 Å². The Morgan fingerprint density at radius 2 is 1.43 bits per heavy atom. The minimum absolute atomic E-state index is 0. The van der Waals surface area contributed by atoms with Gasteiger partial charge in [0.05, 0.1) is 34.7 Å². The van der Waals surface area contributed by atoms with Crippen LogP contribution in [-0.4, -0.2) is 42.9 Å². The van der Waals surface area contributed by atoms with Gasteiger partial charge in [-0.3, -0.25) is 0 Å². The highest BCUT2D eigenvalue weighted by Gasteiger charge is 2.17. The number of aromatic nitrogens is 4. The summed E-state index contributed by atoms with van der Waals surface area (Å²) in [6.45, 7) is 11.3. The van der Waals surface area contributed by atoms with Gasteiger partial charge >= 0.3 is 6.09 Å². The zero-order valence-corrected chi connectivity index (χ0v) is 21.4. The summed E-state index contributed by atoms with van der Waals surface area (Å²) in [5.74, 6) is 0. The summed E-state index contributed by atoms with van der Waals surface area (Å²) >= 11 is 0. The van der Waals surface area contributed by atoms with E-state index >= 15 is 0 Å². The number of amides is 1. The predicted molar refractivity (Wildman–Crippen MR) is 143 cm³/mol. The summed E-state index contributed by atoms with van der Waals surface area (Å²) < 4.78 is 9.50. The highest BCUT2D eigenvalue weighted by molar-refractivity contribution is 5.75. The molecule has 8 nitrogen and oxygen atoms in total. The fourth-order valence-corrected chi connectivity index (χ4v) is 3.63. The van der Waals surface area contributed by atoms with Gasteiger partial charge in [0.25, 0.3) is 0 Å². The van der Waals surface area contributed by atoms with Crippen LogP contribution in [0, 0.1) is 0 Å². The summed E-state index contributed by atoms with van der Waals surface area (Å²) in [6.07, 6.45) is 5.16. The topological polar surface area (TPSA) is 100.0 Å². The van der Waals surface area contributed by atoms with Crippen LogP contribution >= 0.6 is 0 Å². The van der Waals surface area contributed by atoms with E-state index in [1.54, 1.807) is 0 Å². The van der Waals surface area contributed by atoms with Crippen LogP contribution in [0.3, 0.4) is 0 Å². The van der Waals surface area contributed by atoms with Crippen LogP contribution in [0.2, 0.25) is 0 Å². The number of benzene rings is 2. The van der Waals surface area contributed by atoms with Crippen molar-refractivity contribution >= 4 is 28.2 Å². The van der Waals surface area contributed by atoms with Gasteiger partial charge in [0.1, 0.15) is 5.60 Å². The van der Waals surface area contributed by atoms with Gasteiger partial charge in [0, 0.05) is 26.6 Å². The highest BCUT2D eigenvalue weighted by Crippen LogP contribution is 2.14. The molecule has 0 aliphatic rings. The van der Waals surface area contributed by atoms with Gasteiger partial charge in [-0.05, 0) is 71.7 Å². The summed E-state index contributed by atoms with van der Waals surface area (Å²) in [5.41, 5.74) is 9.60. The Bertz CT molecular complexity index is 1230. The van der Waals surface area contributed by atoms with Crippen LogP contribution in [0.5, 0.6) is 0 Å². The molecule has 0 bridgehead atoms. The summed E-state index contributed by atoms with van der Waals surface area (Å²) in [7, 11) is 0. The zero-order chi connectivity index (χ0) is 25.4. The second kappa shape index (κ2) is 11.8. The maximum absolute atomic E-state index is 11.7. The normalized spacial score (nSPS) is 13.2. The van der Waals surface area contributed by atoms with E-state index in [1.807, 2.05) is 89.7 Å². The number of hydrogen-bond donors (Lipinski definition) is 2. The van der Waals surface area contributed by atoms with Crippen molar-refractivity contribution in [1.82, 2.24) is 24.4 Å². The molecule has 0 aliphatic carbocycles. The van der Waals surface area contributed by atoms with Crippen molar-refractivity contribution in [1.29, 1.82) is 0 Å². The van der Waals surface area contributed by atoms with Gasteiger partial charge in [-0.15, -0.1) is 0 Å². The molecule has 190 valence electrons. The van der Waals surface area contributed by atoms with Crippen LogP contribution in [-0.2, 0) is 17.8 Å². The average molecular weight is 481 g/mol. The number of nitrogens with one attached hydrogen (secondary N) is 1.